The predicted molar refractivity (Wildman–Crippen MR) is 55.2 cm³/mol. The van der Waals surface area contributed by atoms with Crippen LogP contribution in [0.2, 0.25) is 0 Å². The molecule has 1 N–H and O–H groups in total. The molecule has 0 spiro atoms. The highest BCUT2D eigenvalue weighted by molar-refractivity contribution is 5.77. The lowest BCUT2D eigenvalue weighted by Crippen LogP contribution is -2.57. The van der Waals surface area contributed by atoms with Crippen LogP contribution < -0.4 is 5.32 Å². The maximum absolute atomic E-state index is 11.8. The first kappa shape index (κ1) is 9.77. The van der Waals surface area contributed by atoms with Crippen LogP contribution in [0.3, 0.4) is 0 Å². The molecule has 14 heavy (non-hydrogen) atoms. The molecule has 4 nitrogen and oxygen atoms in total. The minimum absolute atomic E-state index is 0.218. The number of urea groups is 1. The van der Waals surface area contributed by atoms with Crippen molar-refractivity contribution in [3.63, 3.8) is 0 Å². The highest BCUT2D eigenvalue weighted by Crippen LogP contribution is 2.21. The highest BCUT2D eigenvalue weighted by Gasteiger charge is 2.39. The number of rotatable bonds is 3. The summed E-state index contributed by atoms with van der Waals surface area (Å²) in [5.41, 5.74) is 0. The molecular weight excluding hydrogens is 178 g/mol. The fourth-order valence-corrected chi connectivity index (χ4v) is 2.20. The molecule has 0 saturated carbocycles. The van der Waals surface area contributed by atoms with Crippen molar-refractivity contribution in [1.82, 2.24) is 15.1 Å². The van der Waals surface area contributed by atoms with E-state index < -0.39 is 0 Å². The van der Waals surface area contributed by atoms with E-state index in [0.29, 0.717) is 12.1 Å². The first-order valence-electron chi connectivity index (χ1n) is 5.48. The minimum Gasteiger partial charge on any atom is -0.323 e. The van der Waals surface area contributed by atoms with Crippen molar-refractivity contribution in [3.8, 4) is 0 Å². The van der Waals surface area contributed by atoms with Crippen LogP contribution in [-0.4, -0.2) is 54.6 Å². The number of hydrogen-bond donors (Lipinski definition) is 1. The van der Waals surface area contributed by atoms with Crippen LogP contribution in [-0.2, 0) is 0 Å². The van der Waals surface area contributed by atoms with E-state index in [4.69, 9.17) is 0 Å². The third kappa shape index (κ3) is 1.47. The Balaban J connectivity index is 1.97. The summed E-state index contributed by atoms with van der Waals surface area (Å²) in [6.45, 7) is 5.04. The third-order valence-corrected chi connectivity index (χ3v) is 3.33. The van der Waals surface area contributed by atoms with Crippen LogP contribution in [0, 0.1) is 0 Å². The first-order chi connectivity index (χ1) is 6.74. The Morgan fingerprint density at radius 2 is 2.21 bits per heavy atom. The highest BCUT2D eigenvalue weighted by atomic mass is 16.2. The molecule has 80 valence electrons. The zero-order chi connectivity index (χ0) is 10.1. The van der Waals surface area contributed by atoms with E-state index in [2.05, 4.69) is 12.2 Å². The van der Waals surface area contributed by atoms with Gasteiger partial charge in [0.1, 0.15) is 0 Å². The summed E-state index contributed by atoms with van der Waals surface area (Å²) >= 11 is 0. The normalized spacial score (nSPS) is 28.4. The molecule has 2 fully saturated rings. The molecule has 2 aliphatic rings. The molecule has 0 aliphatic carbocycles. The van der Waals surface area contributed by atoms with Crippen molar-refractivity contribution in [2.75, 3.05) is 26.7 Å². The molecule has 0 radical (unpaired) electrons. The standard InChI is InChI=1S/C10H19N3O/c1-3-4-8-7-13(9-5-11-6-9)10(14)12(8)2/h8-9,11H,3-7H2,1-2H3. The summed E-state index contributed by atoms with van der Waals surface area (Å²) in [6, 6.07) is 1.11. The summed E-state index contributed by atoms with van der Waals surface area (Å²) < 4.78 is 0. The van der Waals surface area contributed by atoms with E-state index in [9.17, 15) is 4.79 Å². The molecule has 2 aliphatic heterocycles. The average molecular weight is 197 g/mol. The molecule has 2 rings (SSSR count). The number of carbonyl (C=O) groups is 1. The van der Waals surface area contributed by atoms with Gasteiger partial charge in [-0.2, -0.15) is 0 Å². The van der Waals surface area contributed by atoms with Crippen LogP contribution in [0.15, 0.2) is 0 Å². The Morgan fingerprint density at radius 1 is 1.50 bits per heavy atom. The van der Waals surface area contributed by atoms with E-state index in [1.165, 1.54) is 0 Å². The fraction of sp³-hybridized carbons (Fsp3) is 0.900. The lowest BCUT2D eigenvalue weighted by atomic mass is 10.1. The van der Waals surface area contributed by atoms with E-state index in [1.54, 1.807) is 0 Å². The Bertz CT molecular complexity index is 227. The van der Waals surface area contributed by atoms with Crippen LogP contribution in [0.5, 0.6) is 0 Å². The average Bonchev–Trinajstić information content (AvgIpc) is 2.32. The van der Waals surface area contributed by atoms with Crippen molar-refractivity contribution in [3.05, 3.63) is 0 Å². The maximum atomic E-state index is 11.8. The molecule has 2 saturated heterocycles. The molecule has 0 aromatic rings. The second kappa shape index (κ2) is 3.77. The van der Waals surface area contributed by atoms with E-state index >= 15 is 0 Å². The molecule has 0 aromatic carbocycles. The fourth-order valence-electron chi connectivity index (χ4n) is 2.20. The summed E-state index contributed by atoms with van der Waals surface area (Å²) in [7, 11) is 1.93. The SMILES string of the molecule is CCCC1CN(C2CNC2)C(=O)N1C. The number of nitrogens with one attached hydrogen (secondary N) is 1. The number of hydrogen-bond acceptors (Lipinski definition) is 2. The maximum Gasteiger partial charge on any atom is 0.320 e. The predicted octanol–water partition coefficient (Wildman–Crippen LogP) is 0.494. The van der Waals surface area contributed by atoms with Gasteiger partial charge in [-0.1, -0.05) is 13.3 Å². The Morgan fingerprint density at radius 3 is 2.71 bits per heavy atom. The number of amides is 2. The molecule has 2 heterocycles. The van der Waals surface area contributed by atoms with Crippen LogP contribution in [0.25, 0.3) is 0 Å². The summed E-state index contributed by atoms with van der Waals surface area (Å²) in [5, 5.41) is 3.21. The van der Waals surface area contributed by atoms with Gasteiger partial charge in [-0.25, -0.2) is 4.79 Å². The molecule has 1 atom stereocenters. The minimum atomic E-state index is 0.218. The van der Waals surface area contributed by atoms with Gasteiger partial charge in [0.2, 0.25) is 0 Å². The quantitative estimate of drug-likeness (QED) is 0.715. The molecular formula is C10H19N3O. The topological polar surface area (TPSA) is 35.6 Å². The number of likely N-dealkylation sites (N-methyl/N-ethyl adjacent to an activating group) is 1. The zero-order valence-corrected chi connectivity index (χ0v) is 8.99. The molecule has 2 amide bonds. The molecule has 1 unspecified atom stereocenters. The monoisotopic (exact) mass is 197 g/mol. The molecule has 0 bridgehead atoms. The Kier molecular flexibility index (Phi) is 2.63. The van der Waals surface area contributed by atoms with Gasteiger partial charge in [0, 0.05) is 26.7 Å². The van der Waals surface area contributed by atoms with Gasteiger partial charge in [0.15, 0.2) is 0 Å². The summed E-state index contributed by atoms with van der Waals surface area (Å²) in [5.74, 6) is 0. The van der Waals surface area contributed by atoms with Crippen molar-refractivity contribution >= 4 is 6.03 Å². The second-order valence-electron chi connectivity index (χ2n) is 4.30. The van der Waals surface area contributed by atoms with Gasteiger partial charge in [0.25, 0.3) is 0 Å². The van der Waals surface area contributed by atoms with Crippen molar-refractivity contribution in [2.24, 2.45) is 0 Å². The Labute approximate surface area is 85.2 Å². The van der Waals surface area contributed by atoms with Crippen molar-refractivity contribution in [1.29, 1.82) is 0 Å². The van der Waals surface area contributed by atoms with E-state index in [1.807, 2.05) is 16.8 Å². The summed E-state index contributed by atoms with van der Waals surface area (Å²) in [6.07, 6.45) is 2.28. The molecule has 0 aromatic heterocycles. The van der Waals surface area contributed by atoms with Crippen molar-refractivity contribution in [2.45, 2.75) is 31.8 Å². The van der Waals surface area contributed by atoms with E-state index in [-0.39, 0.29) is 6.03 Å². The van der Waals surface area contributed by atoms with Gasteiger partial charge < -0.3 is 15.1 Å². The lowest BCUT2D eigenvalue weighted by molar-refractivity contribution is 0.162. The molecule has 4 heteroatoms. The largest absolute Gasteiger partial charge is 0.323 e. The van der Waals surface area contributed by atoms with Crippen LogP contribution in [0.4, 0.5) is 4.79 Å². The van der Waals surface area contributed by atoms with Gasteiger partial charge in [0.05, 0.1) is 12.1 Å². The third-order valence-electron chi connectivity index (χ3n) is 3.33. The van der Waals surface area contributed by atoms with Gasteiger partial charge in [-0.15, -0.1) is 0 Å². The lowest BCUT2D eigenvalue weighted by Gasteiger charge is -2.34. The van der Waals surface area contributed by atoms with Gasteiger partial charge >= 0.3 is 6.03 Å². The second-order valence-corrected chi connectivity index (χ2v) is 4.30. The van der Waals surface area contributed by atoms with Crippen molar-refractivity contribution < 1.29 is 4.79 Å². The first-order valence-corrected chi connectivity index (χ1v) is 5.48. The summed E-state index contributed by atoms with van der Waals surface area (Å²) in [4.78, 5) is 15.8. The van der Waals surface area contributed by atoms with E-state index in [0.717, 1.165) is 32.5 Å². The smallest absolute Gasteiger partial charge is 0.320 e. The zero-order valence-electron chi connectivity index (χ0n) is 8.99. The number of nitrogens with zero attached hydrogens (tertiary/aromatic N) is 2. The van der Waals surface area contributed by atoms with Crippen LogP contribution >= 0.6 is 0 Å². The Hall–Kier alpha value is -0.770. The van der Waals surface area contributed by atoms with Gasteiger partial charge in [-0.05, 0) is 6.42 Å². The number of carbonyl (C=O) groups excluding carboxylic acids is 1. The van der Waals surface area contributed by atoms with Crippen LogP contribution in [0.1, 0.15) is 19.8 Å². The van der Waals surface area contributed by atoms with Gasteiger partial charge in [-0.3, -0.25) is 0 Å².